The van der Waals surface area contributed by atoms with Crippen molar-refractivity contribution in [3.05, 3.63) is 41.2 Å². The molecule has 0 aliphatic heterocycles. The number of fused-ring (bicyclic) bond motifs is 1. The number of hydrogen-bond donors (Lipinski definition) is 1. The van der Waals surface area contributed by atoms with Crippen molar-refractivity contribution in [3.63, 3.8) is 0 Å². The molecule has 0 saturated heterocycles. The highest BCUT2D eigenvalue weighted by atomic mass is 32.1. The maximum absolute atomic E-state index is 11.8. The number of aryl methyl sites for hydroxylation is 1. The smallest absolute Gasteiger partial charge is 0.339 e. The molecule has 0 aliphatic carbocycles. The predicted molar refractivity (Wildman–Crippen MR) is 94.9 cm³/mol. The van der Waals surface area contributed by atoms with Crippen molar-refractivity contribution < 1.29 is 14.3 Å². The van der Waals surface area contributed by atoms with Gasteiger partial charge in [-0.2, -0.15) is 0 Å². The van der Waals surface area contributed by atoms with Gasteiger partial charge in [0.25, 0.3) is 0 Å². The third kappa shape index (κ3) is 3.30. The Hall–Kier alpha value is -2.67. The summed E-state index contributed by atoms with van der Waals surface area (Å²) in [6.07, 6.45) is 1.66. The first-order valence-corrected chi connectivity index (χ1v) is 8.27. The minimum absolute atomic E-state index is 0.335. The predicted octanol–water partition coefficient (Wildman–Crippen LogP) is 3.87. The van der Waals surface area contributed by atoms with Gasteiger partial charge < -0.3 is 14.5 Å². The van der Waals surface area contributed by atoms with Crippen LogP contribution in [0.25, 0.3) is 10.2 Å². The number of H-pyrrole nitrogens is 1. The molecule has 2 heterocycles. The summed E-state index contributed by atoms with van der Waals surface area (Å²) < 4.78 is 11.2. The molecule has 6 nitrogen and oxygen atoms in total. The summed E-state index contributed by atoms with van der Waals surface area (Å²) in [5.74, 6) is 0.457. The number of benzene rings is 1. The van der Waals surface area contributed by atoms with Crippen molar-refractivity contribution in [3.8, 4) is 5.75 Å². The lowest BCUT2D eigenvalue weighted by molar-refractivity contribution is 0.0525. The van der Waals surface area contributed by atoms with E-state index in [9.17, 15) is 4.79 Å². The Morgan fingerprint density at radius 2 is 2.25 bits per heavy atom. The number of hydrogen-bond acceptors (Lipinski definition) is 6. The second-order valence-corrected chi connectivity index (χ2v) is 6.08. The van der Waals surface area contributed by atoms with E-state index >= 15 is 0 Å². The van der Waals surface area contributed by atoms with E-state index in [1.165, 1.54) is 11.3 Å². The number of aromatic amines is 1. The summed E-state index contributed by atoms with van der Waals surface area (Å²) in [7, 11) is 1.63. The molecule has 2 aromatic heterocycles. The van der Waals surface area contributed by atoms with Crippen LogP contribution in [0.2, 0.25) is 0 Å². The van der Waals surface area contributed by atoms with Crippen LogP contribution in [0.4, 0.5) is 5.13 Å². The lowest BCUT2D eigenvalue weighted by Gasteiger charge is -1.98. The first-order valence-electron chi connectivity index (χ1n) is 7.46. The van der Waals surface area contributed by atoms with Gasteiger partial charge in [-0.15, -0.1) is 0 Å². The molecular formula is C17H17N3O3S. The van der Waals surface area contributed by atoms with E-state index in [0.29, 0.717) is 17.3 Å². The van der Waals surface area contributed by atoms with E-state index < -0.39 is 0 Å². The molecule has 0 bridgehead atoms. The van der Waals surface area contributed by atoms with Crippen LogP contribution >= 0.6 is 11.3 Å². The average molecular weight is 343 g/mol. The number of carbonyl (C=O) groups excluding carboxylic acids is 1. The van der Waals surface area contributed by atoms with Crippen LogP contribution in [0, 0.1) is 6.92 Å². The van der Waals surface area contributed by atoms with Crippen molar-refractivity contribution in [2.24, 2.45) is 4.99 Å². The number of esters is 1. The standard InChI is InChI=1S/C17H17N3O3S/c1-4-23-16(21)13-7-11(19-10(13)2)9-18-17-20-14-6-5-12(22-3)8-15(14)24-17/h5-9,19H,4H2,1-3H3/b18-9+. The minimum Gasteiger partial charge on any atom is -0.497 e. The number of thiazole rings is 1. The zero-order valence-corrected chi connectivity index (χ0v) is 14.4. The number of rotatable bonds is 5. The lowest BCUT2D eigenvalue weighted by Crippen LogP contribution is -2.04. The van der Waals surface area contributed by atoms with Crippen LogP contribution < -0.4 is 4.74 Å². The molecule has 124 valence electrons. The number of aliphatic imine (C=N–C) groups is 1. The summed E-state index contributed by atoms with van der Waals surface area (Å²) in [6.45, 7) is 3.96. The fraction of sp³-hybridized carbons (Fsp3) is 0.235. The van der Waals surface area contributed by atoms with E-state index in [1.54, 1.807) is 26.3 Å². The largest absolute Gasteiger partial charge is 0.497 e. The maximum atomic E-state index is 11.8. The zero-order chi connectivity index (χ0) is 17.1. The van der Waals surface area contributed by atoms with E-state index in [0.717, 1.165) is 27.4 Å². The summed E-state index contributed by atoms with van der Waals surface area (Å²) in [4.78, 5) is 23.8. The van der Waals surface area contributed by atoms with Crippen molar-refractivity contribution in [1.29, 1.82) is 0 Å². The van der Waals surface area contributed by atoms with Gasteiger partial charge in [0.15, 0.2) is 0 Å². The topological polar surface area (TPSA) is 76.6 Å². The Morgan fingerprint density at radius 1 is 1.42 bits per heavy atom. The molecule has 0 aliphatic rings. The van der Waals surface area contributed by atoms with Gasteiger partial charge in [-0.3, -0.25) is 0 Å². The van der Waals surface area contributed by atoms with Crippen LogP contribution in [0.15, 0.2) is 29.3 Å². The Kier molecular flexibility index (Phi) is 4.61. The van der Waals surface area contributed by atoms with Crippen molar-refractivity contribution in [2.75, 3.05) is 13.7 Å². The fourth-order valence-electron chi connectivity index (χ4n) is 2.27. The molecular weight excluding hydrogens is 326 g/mol. The summed E-state index contributed by atoms with van der Waals surface area (Å²) >= 11 is 1.48. The van der Waals surface area contributed by atoms with Crippen LogP contribution in [0.1, 0.15) is 28.7 Å². The highest BCUT2D eigenvalue weighted by Crippen LogP contribution is 2.30. The first kappa shape index (κ1) is 16.2. The molecule has 0 spiro atoms. The number of carbonyl (C=O) groups is 1. The highest BCUT2D eigenvalue weighted by Gasteiger charge is 2.13. The minimum atomic E-state index is -0.335. The Bertz CT molecular complexity index is 911. The molecule has 0 atom stereocenters. The Balaban J connectivity index is 1.83. The molecule has 1 aromatic carbocycles. The molecule has 1 N–H and O–H groups in total. The molecule has 0 unspecified atom stereocenters. The van der Waals surface area contributed by atoms with E-state index in [2.05, 4.69) is 15.0 Å². The van der Waals surface area contributed by atoms with Gasteiger partial charge in [0.05, 0.1) is 41.4 Å². The third-order valence-electron chi connectivity index (χ3n) is 3.43. The summed E-state index contributed by atoms with van der Waals surface area (Å²) in [5.41, 5.74) is 2.88. The Morgan fingerprint density at radius 3 is 3.00 bits per heavy atom. The van der Waals surface area contributed by atoms with Gasteiger partial charge in [-0.1, -0.05) is 11.3 Å². The quantitative estimate of drug-likeness (QED) is 0.563. The highest BCUT2D eigenvalue weighted by molar-refractivity contribution is 7.22. The summed E-state index contributed by atoms with van der Waals surface area (Å²) in [5, 5.41) is 0.642. The van der Waals surface area contributed by atoms with Crippen LogP contribution in [0.3, 0.4) is 0 Å². The molecule has 7 heteroatoms. The van der Waals surface area contributed by atoms with Crippen LogP contribution in [-0.4, -0.2) is 35.9 Å². The first-order chi connectivity index (χ1) is 11.6. The van der Waals surface area contributed by atoms with Crippen molar-refractivity contribution in [2.45, 2.75) is 13.8 Å². The molecule has 3 rings (SSSR count). The normalized spacial score (nSPS) is 11.3. The monoisotopic (exact) mass is 343 g/mol. The SMILES string of the molecule is CCOC(=O)c1cc(/C=N/c2nc3ccc(OC)cc3s2)[nH]c1C. The molecule has 0 amide bonds. The van der Waals surface area contributed by atoms with Crippen LogP contribution in [-0.2, 0) is 4.74 Å². The van der Waals surface area contributed by atoms with E-state index in [1.807, 2.05) is 25.1 Å². The van der Waals surface area contributed by atoms with Crippen molar-refractivity contribution >= 4 is 38.9 Å². The van der Waals surface area contributed by atoms with Crippen molar-refractivity contribution in [1.82, 2.24) is 9.97 Å². The number of ether oxygens (including phenoxy) is 2. The molecule has 0 saturated carbocycles. The van der Waals surface area contributed by atoms with Gasteiger partial charge in [-0.05, 0) is 38.1 Å². The van der Waals surface area contributed by atoms with Gasteiger partial charge in [0, 0.05) is 5.69 Å². The fourth-order valence-corrected chi connectivity index (χ4v) is 3.11. The molecule has 0 radical (unpaired) electrons. The number of methoxy groups -OCH3 is 1. The third-order valence-corrected chi connectivity index (χ3v) is 4.36. The van der Waals surface area contributed by atoms with Gasteiger partial charge in [0.1, 0.15) is 5.75 Å². The second kappa shape index (κ2) is 6.84. The van der Waals surface area contributed by atoms with Gasteiger partial charge in [0.2, 0.25) is 5.13 Å². The number of nitrogens with zero attached hydrogens (tertiary/aromatic N) is 2. The van der Waals surface area contributed by atoms with Gasteiger partial charge in [-0.25, -0.2) is 14.8 Å². The lowest BCUT2D eigenvalue weighted by atomic mass is 10.2. The Labute approximate surface area is 143 Å². The molecule has 0 fully saturated rings. The molecule has 3 aromatic rings. The average Bonchev–Trinajstić information content (AvgIpc) is 3.15. The van der Waals surface area contributed by atoms with E-state index in [4.69, 9.17) is 9.47 Å². The number of nitrogens with one attached hydrogen (secondary N) is 1. The summed E-state index contributed by atoms with van der Waals surface area (Å²) in [6, 6.07) is 7.44. The number of aromatic nitrogens is 2. The van der Waals surface area contributed by atoms with Crippen LogP contribution in [0.5, 0.6) is 5.75 Å². The maximum Gasteiger partial charge on any atom is 0.339 e. The second-order valence-electron chi connectivity index (χ2n) is 5.07. The van der Waals surface area contributed by atoms with E-state index in [-0.39, 0.29) is 5.97 Å². The molecule has 24 heavy (non-hydrogen) atoms. The van der Waals surface area contributed by atoms with Gasteiger partial charge >= 0.3 is 5.97 Å². The zero-order valence-electron chi connectivity index (χ0n) is 13.6.